The fourth-order valence-electron chi connectivity index (χ4n) is 1.84. The summed E-state index contributed by atoms with van der Waals surface area (Å²) in [6.07, 6.45) is -3.11. The van der Waals surface area contributed by atoms with E-state index in [1.807, 2.05) is 0 Å². The lowest BCUT2D eigenvalue weighted by Gasteiger charge is -2.14. The van der Waals surface area contributed by atoms with Gasteiger partial charge in [0.1, 0.15) is 5.82 Å². The van der Waals surface area contributed by atoms with E-state index in [0.29, 0.717) is 5.56 Å². The number of hydrogen-bond donors (Lipinski definition) is 0. The molecule has 0 nitrogen and oxygen atoms in total. The highest BCUT2D eigenvalue weighted by Gasteiger charge is 2.34. The van der Waals surface area contributed by atoms with Gasteiger partial charge < -0.3 is 0 Å². The number of hydrogen-bond acceptors (Lipinski definition) is 0. The molecule has 0 bridgehead atoms. The van der Waals surface area contributed by atoms with Crippen molar-refractivity contribution in [2.45, 2.75) is 6.18 Å². The third-order valence-electron chi connectivity index (χ3n) is 2.75. The second-order valence-corrected chi connectivity index (χ2v) is 3.99. The van der Waals surface area contributed by atoms with Crippen molar-refractivity contribution in [1.29, 1.82) is 0 Å². The van der Waals surface area contributed by atoms with E-state index in [9.17, 15) is 17.6 Å². The molecule has 0 saturated carbocycles. The topological polar surface area (TPSA) is 0 Å². The standard InChI is InChI=1S/C15H10F4/c1-2-10-7-8-13(15(17,18)19)12(9-10)11-5-3-4-6-14(11)16/h2-9H,1H2. The van der Waals surface area contributed by atoms with Gasteiger partial charge in [0.25, 0.3) is 0 Å². The zero-order valence-corrected chi connectivity index (χ0v) is 9.84. The maximum absolute atomic E-state index is 13.7. The molecule has 98 valence electrons. The van der Waals surface area contributed by atoms with Crippen LogP contribution in [-0.4, -0.2) is 0 Å². The van der Waals surface area contributed by atoms with Gasteiger partial charge in [-0.1, -0.05) is 36.9 Å². The van der Waals surface area contributed by atoms with Crippen LogP contribution < -0.4 is 0 Å². The third-order valence-corrected chi connectivity index (χ3v) is 2.75. The normalized spacial score (nSPS) is 11.4. The monoisotopic (exact) mass is 266 g/mol. The minimum Gasteiger partial charge on any atom is -0.206 e. The molecule has 0 heterocycles. The Morgan fingerprint density at radius 2 is 1.63 bits per heavy atom. The molecule has 2 aromatic carbocycles. The zero-order chi connectivity index (χ0) is 14.0. The van der Waals surface area contributed by atoms with E-state index in [-0.39, 0.29) is 11.1 Å². The first-order valence-corrected chi connectivity index (χ1v) is 5.52. The van der Waals surface area contributed by atoms with E-state index in [0.717, 1.165) is 12.1 Å². The van der Waals surface area contributed by atoms with Crippen LogP contribution in [-0.2, 0) is 6.18 Å². The van der Waals surface area contributed by atoms with Gasteiger partial charge in [0.15, 0.2) is 0 Å². The van der Waals surface area contributed by atoms with Crippen molar-refractivity contribution in [2.24, 2.45) is 0 Å². The van der Waals surface area contributed by atoms with Crippen molar-refractivity contribution in [3.8, 4) is 11.1 Å². The van der Waals surface area contributed by atoms with Crippen molar-refractivity contribution >= 4 is 6.08 Å². The van der Waals surface area contributed by atoms with Crippen molar-refractivity contribution in [1.82, 2.24) is 0 Å². The second kappa shape index (κ2) is 4.88. The van der Waals surface area contributed by atoms with Gasteiger partial charge in [-0.25, -0.2) is 4.39 Å². The van der Waals surface area contributed by atoms with Crippen LogP contribution in [0.3, 0.4) is 0 Å². The van der Waals surface area contributed by atoms with Crippen LogP contribution in [0.1, 0.15) is 11.1 Å². The van der Waals surface area contributed by atoms with Crippen molar-refractivity contribution < 1.29 is 17.6 Å². The Morgan fingerprint density at radius 3 is 2.21 bits per heavy atom. The molecule has 0 atom stereocenters. The molecule has 0 aliphatic carbocycles. The third kappa shape index (κ3) is 2.67. The predicted octanol–water partition coefficient (Wildman–Crippen LogP) is 5.15. The Morgan fingerprint density at radius 1 is 0.947 bits per heavy atom. The second-order valence-electron chi connectivity index (χ2n) is 3.99. The largest absolute Gasteiger partial charge is 0.417 e. The number of alkyl halides is 3. The average Bonchev–Trinajstić information content (AvgIpc) is 2.37. The van der Waals surface area contributed by atoms with E-state index in [4.69, 9.17) is 0 Å². The highest BCUT2D eigenvalue weighted by molar-refractivity contribution is 5.71. The number of benzene rings is 2. The van der Waals surface area contributed by atoms with Gasteiger partial charge in [-0.2, -0.15) is 13.2 Å². The summed E-state index contributed by atoms with van der Waals surface area (Å²) in [5, 5.41) is 0. The molecule has 0 radical (unpaired) electrons. The van der Waals surface area contributed by atoms with E-state index in [1.165, 1.54) is 36.4 Å². The maximum Gasteiger partial charge on any atom is 0.417 e. The lowest BCUT2D eigenvalue weighted by Crippen LogP contribution is -2.07. The Kier molecular flexibility index (Phi) is 3.42. The molecule has 0 saturated heterocycles. The summed E-state index contributed by atoms with van der Waals surface area (Å²) in [6.45, 7) is 3.50. The van der Waals surface area contributed by atoms with E-state index in [2.05, 4.69) is 6.58 Å². The van der Waals surface area contributed by atoms with Gasteiger partial charge in [0.2, 0.25) is 0 Å². The molecule has 0 unspecified atom stereocenters. The maximum atomic E-state index is 13.7. The van der Waals surface area contributed by atoms with Gasteiger partial charge in [-0.3, -0.25) is 0 Å². The lowest BCUT2D eigenvalue weighted by atomic mass is 9.96. The molecule has 0 aliphatic rings. The molecular weight excluding hydrogens is 256 g/mol. The highest BCUT2D eigenvalue weighted by atomic mass is 19.4. The van der Waals surface area contributed by atoms with Crippen LogP contribution in [0.4, 0.5) is 17.6 Å². The minimum absolute atomic E-state index is 0.0708. The highest BCUT2D eigenvalue weighted by Crippen LogP contribution is 2.38. The molecule has 0 fully saturated rings. The van der Waals surface area contributed by atoms with Crippen LogP contribution in [0.2, 0.25) is 0 Å². The van der Waals surface area contributed by atoms with Gasteiger partial charge >= 0.3 is 6.18 Å². The molecule has 0 aromatic heterocycles. The lowest BCUT2D eigenvalue weighted by molar-refractivity contribution is -0.137. The van der Waals surface area contributed by atoms with Crippen molar-refractivity contribution in [3.63, 3.8) is 0 Å². The summed E-state index contributed by atoms with van der Waals surface area (Å²) in [7, 11) is 0. The summed E-state index contributed by atoms with van der Waals surface area (Å²) in [5.41, 5.74) is -0.601. The Labute approximate surface area is 108 Å². The van der Waals surface area contributed by atoms with Crippen LogP contribution in [0.25, 0.3) is 17.2 Å². The SMILES string of the molecule is C=Cc1ccc(C(F)(F)F)c(-c2ccccc2F)c1. The summed E-state index contributed by atoms with van der Waals surface area (Å²) in [5.74, 6) is -0.686. The van der Waals surface area contributed by atoms with E-state index >= 15 is 0 Å². The zero-order valence-electron chi connectivity index (χ0n) is 9.84. The molecule has 0 N–H and O–H groups in total. The van der Waals surface area contributed by atoms with Crippen LogP contribution >= 0.6 is 0 Å². The molecule has 2 rings (SSSR count). The molecule has 4 heteroatoms. The van der Waals surface area contributed by atoms with Gasteiger partial charge in [0.05, 0.1) is 5.56 Å². The summed E-state index contributed by atoms with van der Waals surface area (Å²) in [4.78, 5) is 0. The first-order valence-electron chi connectivity index (χ1n) is 5.52. The Bertz CT molecular complexity index is 612. The fraction of sp³-hybridized carbons (Fsp3) is 0.0667. The fourth-order valence-corrected chi connectivity index (χ4v) is 1.84. The molecule has 0 aliphatic heterocycles. The number of rotatable bonds is 2. The predicted molar refractivity (Wildman–Crippen MR) is 66.9 cm³/mol. The van der Waals surface area contributed by atoms with Crippen molar-refractivity contribution in [2.75, 3.05) is 0 Å². The molecule has 0 spiro atoms. The van der Waals surface area contributed by atoms with Crippen LogP contribution in [0.15, 0.2) is 49.0 Å². The smallest absolute Gasteiger partial charge is 0.206 e. The molecule has 2 aromatic rings. The Balaban J connectivity index is 2.73. The molecule has 0 amide bonds. The molecular formula is C15H10F4. The summed E-state index contributed by atoms with van der Waals surface area (Å²) in [6, 6.07) is 8.93. The van der Waals surface area contributed by atoms with Crippen LogP contribution in [0, 0.1) is 5.82 Å². The summed E-state index contributed by atoms with van der Waals surface area (Å²) >= 11 is 0. The van der Waals surface area contributed by atoms with E-state index < -0.39 is 17.6 Å². The molecule has 19 heavy (non-hydrogen) atoms. The average molecular weight is 266 g/mol. The quantitative estimate of drug-likeness (QED) is 0.659. The first-order chi connectivity index (χ1) is 8.93. The van der Waals surface area contributed by atoms with Gasteiger partial charge in [0, 0.05) is 5.56 Å². The van der Waals surface area contributed by atoms with Gasteiger partial charge in [-0.05, 0) is 29.3 Å². The van der Waals surface area contributed by atoms with E-state index in [1.54, 1.807) is 0 Å². The van der Waals surface area contributed by atoms with Crippen LogP contribution in [0.5, 0.6) is 0 Å². The van der Waals surface area contributed by atoms with Crippen molar-refractivity contribution in [3.05, 3.63) is 66.0 Å². The summed E-state index contributed by atoms with van der Waals surface area (Å²) < 4.78 is 52.5. The van der Waals surface area contributed by atoms with Gasteiger partial charge in [-0.15, -0.1) is 0 Å². The number of halogens is 4. The first kappa shape index (κ1) is 13.3. The minimum atomic E-state index is -4.53. The Hall–Kier alpha value is -2.10.